The standard InChI is InChI=1S/C45H49NO9/c1-26(48)24-46-37-16-29(25-47)15-33(19-37)30-9-10-31-22-43(51)54-41-23-40(50)35(20-38(31)41)21-42-45(2,53)36-11-12-39(49)34(18-36)14-28-7-3-5-27(13-28)6-4-8-32(17-30)44(52)55-42/h3,5,7-8,13,15-16,19-20,23,26,30-31,34,36,42,46-48,50,53H,4,6,11-12,14,17-18,21-22,24-25H2,1-2H3/b32-8-/t26-,30-,31+,34-,36+,42+,45-/m0/s1. The van der Waals surface area contributed by atoms with Gasteiger partial charge >= 0.3 is 11.9 Å². The quantitative estimate of drug-likeness (QED) is 0.127. The Morgan fingerprint density at radius 2 is 1.76 bits per heavy atom. The molecule has 7 rings (SSSR count). The number of fused-ring (bicyclic) bond motifs is 8. The largest absolute Gasteiger partial charge is 0.508 e. The number of esters is 2. The first kappa shape index (κ1) is 38.3. The van der Waals surface area contributed by atoms with Gasteiger partial charge in [0.25, 0.3) is 0 Å². The molecule has 3 aliphatic heterocycles. The number of rotatable bonds is 5. The molecule has 0 saturated heterocycles. The van der Waals surface area contributed by atoms with Crippen LogP contribution in [0.15, 0.2) is 66.2 Å². The number of Topliss-reactive ketones (excluding diaryl/α,β-unsaturated/α-hetero) is 1. The van der Waals surface area contributed by atoms with Gasteiger partial charge in [0.05, 0.1) is 25.0 Å². The number of carbonyl (C=O) groups excluding carboxylic acids is 3. The third-order valence-corrected chi connectivity index (χ3v) is 11.7. The van der Waals surface area contributed by atoms with Crippen LogP contribution in [-0.2, 0) is 45.0 Å². The molecule has 0 radical (unpaired) electrons. The van der Waals surface area contributed by atoms with Crippen LogP contribution in [0.5, 0.6) is 11.5 Å². The van der Waals surface area contributed by atoms with Crippen molar-refractivity contribution in [2.45, 2.75) is 108 Å². The minimum Gasteiger partial charge on any atom is -0.508 e. The van der Waals surface area contributed by atoms with Gasteiger partial charge in [0.2, 0.25) is 0 Å². The molecule has 1 fully saturated rings. The van der Waals surface area contributed by atoms with Crippen molar-refractivity contribution in [3.63, 3.8) is 0 Å². The van der Waals surface area contributed by atoms with Crippen molar-refractivity contribution in [3.8, 4) is 23.3 Å². The number of aliphatic hydroxyl groups is 3. The first-order chi connectivity index (χ1) is 26.4. The number of ether oxygens (including phenoxy) is 2. The summed E-state index contributed by atoms with van der Waals surface area (Å²) in [5.41, 5.74) is 3.89. The lowest BCUT2D eigenvalue weighted by Crippen LogP contribution is -2.52. The molecule has 3 heterocycles. The molecule has 3 aromatic carbocycles. The molecule has 5 N–H and O–H groups in total. The molecular weight excluding hydrogens is 698 g/mol. The maximum Gasteiger partial charge on any atom is 0.334 e. The van der Waals surface area contributed by atoms with Crippen LogP contribution in [0, 0.1) is 23.7 Å². The fourth-order valence-corrected chi connectivity index (χ4v) is 8.51. The number of hydrogen-bond donors (Lipinski definition) is 5. The number of phenolic OH excluding ortho intramolecular Hbond substituents is 1. The Morgan fingerprint density at radius 3 is 2.56 bits per heavy atom. The van der Waals surface area contributed by atoms with Crippen LogP contribution in [0.2, 0.25) is 0 Å². The van der Waals surface area contributed by atoms with Crippen LogP contribution in [0.1, 0.15) is 97.6 Å². The van der Waals surface area contributed by atoms with Crippen molar-refractivity contribution >= 4 is 23.4 Å². The van der Waals surface area contributed by atoms with Gasteiger partial charge in [0, 0.05) is 54.1 Å². The molecule has 1 aliphatic carbocycles. The Kier molecular flexibility index (Phi) is 11.2. The van der Waals surface area contributed by atoms with Gasteiger partial charge in [-0.05, 0) is 104 Å². The third kappa shape index (κ3) is 8.65. The van der Waals surface area contributed by atoms with E-state index < -0.39 is 41.6 Å². The number of nitrogens with one attached hydrogen (secondary N) is 1. The average molecular weight is 748 g/mol. The summed E-state index contributed by atoms with van der Waals surface area (Å²) in [7, 11) is 0. The van der Waals surface area contributed by atoms with E-state index in [9.17, 15) is 34.8 Å². The number of hydrogen-bond acceptors (Lipinski definition) is 10. The predicted octanol–water partition coefficient (Wildman–Crippen LogP) is 5.57. The molecule has 0 spiro atoms. The van der Waals surface area contributed by atoms with Crippen molar-refractivity contribution in [3.05, 3.63) is 99.6 Å². The third-order valence-electron chi connectivity index (χ3n) is 11.7. The number of phenols is 1. The first-order valence-electron chi connectivity index (χ1n) is 19.3. The highest BCUT2D eigenvalue weighted by molar-refractivity contribution is 5.89. The fourth-order valence-electron chi connectivity index (χ4n) is 8.51. The number of allylic oxidation sites excluding steroid dienone is 1. The van der Waals surface area contributed by atoms with Gasteiger partial charge in [-0.25, -0.2) is 4.79 Å². The summed E-state index contributed by atoms with van der Waals surface area (Å²) in [5, 5.41) is 47.3. The van der Waals surface area contributed by atoms with E-state index in [1.165, 1.54) is 6.07 Å². The van der Waals surface area contributed by atoms with Gasteiger partial charge in [0.15, 0.2) is 0 Å². The second-order valence-electron chi connectivity index (χ2n) is 15.9. The Balaban J connectivity index is 1.39. The highest BCUT2D eigenvalue weighted by Gasteiger charge is 2.46. The van der Waals surface area contributed by atoms with Gasteiger partial charge in [0.1, 0.15) is 29.0 Å². The summed E-state index contributed by atoms with van der Waals surface area (Å²) in [6, 6.07) is 16.8. The van der Waals surface area contributed by atoms with E-state index >= 15 is 0 Å². The second-order valence-corrected chi connectivity index (χ2v) is 15.9. The summed E-state index contributed by atoms with van der Waals surface area (Å²) < 4.78 is 12.0. The van der Waals surface area contributed by atoms with Crippen LogP contribution >= 0.6 is 0 Å². The number of aromatic hydroxyl groups is 1. The van der Waals surface area contributed by atoms with Gasteiger partial charge in [-0.2, -0.15) is 0 Å². The molecule has 288 valence electrons. The van der Waals surface area contributed by atoms with Gasteiger partial charge in [-0.1, -0.05) is 48.2 Å². The van der Waals surface area contributed by atoms with Crippen LogP contribution < -0.4 is 10.1 Å². The molecule has 0 amide bonds. The molecule has 1 saturated carbocycles. The second kappa shape index (κ2) is 16.0. The average Bonchev–Trinajstić information content (AvgIpc) is 3.15. The molecular formula is C45H49NO9. The van der Waals surface area contributed by atoms with Crippen molar-refractivity contribution in [1.82, 2.24) is 0 Å². The maximum atomic E-state index is 14.6. The van der Waals surface area contributed by atoms with Crippen molar-refractivity contribution in [2.75, 3.05) is 11.9 Å². The normalized spacial score (nSPS) is 28.2. The van der Waals surface area contributed by atoms with Crippen LogP contribution in [-0.4, -0.2) is 62.5 Å². The van der Waals surface area contributed by atoms with Gasteiger partial charge < -0.3 is 35.2 Å². The van der Waals surface area contributed by atoms with Crippen LogP contribution in [0.4, 0.5) is 5.69 Å². The molecule has 55 heavy (non-hydrogen) atoms. The van der Waals surface area contributed by atoms with E-state index in [-0.39, 0.29) is 61.5 Å². The summed E-state index contributed by atoms with van der Waals surface area (Å²) >= 11 is 0. The number of aliphatic hydroxyl groups excluding tert-OH is 2. The lowest BCUT2D eigenvalue weighted by molar-refractivity contribution is -0.170. The summed E-state index contributed by atoms with van der Waals surface area (Å²) in [6.07, 6.45) is 3.02. The number of ketones is 1. The maximum absolute atomic E-state index is 14.6. The monoisotopic (exact) mass is 747 g/mol. The molecule has 10 nitrogen and oxygen atoms in total. The van der Waals surface area contributed by atoms with E-state index in [0.717, 1.165) is 11.1 Å². The molecule has 0 aromatic heterocycles. The zero-order valence-electron chi connectivity index (χ0n) is 31.3. The highest BCUT2D eigenvalue weighted by Crippen LogP contribution is 2.43. The topological polar surface area (TPSA) is 163 Å². The molecule has 3 aromatic rings. The van der Waals surface area contributed by atoms with E-state index in [1.54, 1.807) is 26.0 Å². The van der Waals surface area contributed by atoms with E-state index in [2.05, 4.69) is 23.2 Å². The van der Waals surface area contributed by atoms with Gasteiger partial charge in [-0.3, -0.25) is 9.59 Å². The lowest BCUT2D eigenvalue weighted by Gasteiger charge is -2.42. The zero-order valence-corrected chi connectivity index (χ0v) is 31.3. The summed E-state index contributed by atoms with van der Waals surface area (Å²) in [6.45, 7) is 3.36. The molecule has 4 aliphatic rings. The predicted molar refractivity (Wildman–Crippen MR) is 205 cm³/mol. The number of benzene rings is 3. The highest BCUT2D eigenvalue weighted by atomic mass is 16.6. The molecule has 8 bridgehead atoms. The SMILES string of the molecule is C[C@H](O)CNc1cc(CO)cc([C@H]2C#C[C@@H]3CC(=O)Oc4cc(O)c(cc43)C[C@H]3OC(=O)/C(=C\CCc4cccc(c4)C[C@H]4C[C@@H](CCC4=O)[C@]3(C)O)C2)c1. The molecule has 0 unspecified atom stereocenters. The minimum atomic E-state index is -1.59. The molecule has 10 heteroatoms. The zero-order chi connectivity index (χ0) is 38.9. The smallest absolute Gasteiger partial charge is 0.334 e. The number of anilines is 1. The van der Waals surface area contributed by atoms with Crippen molar-refractivity contribution in [2.24, 2.45) is 11.8 Å². The van der Waals surface area contributed by atoms with Crippen molar-refractivity contribution in [1.29, 1.82) is 0 Å². The van der Waals surface area contributed by atoms with Gasteiger partial charge in [-0.15, -0.1) is 0 Å². The summed E-state index contributed by atoms with van der Waals surface area (Å²) in [5.74, 6) is 3.90. The van der Waals surface area contributed by atoms with Crippen LogP contribution in [0.3, 0.4) is 0 Å². The summed E-state index contributed by atoms with van der Waals surface area (Å²) in [4.78, 5) is 40.7. The Labute approximate surface area is 321 Å². The number of carbonyl (C=O) groups is 3. The lowest BCUT2D eigenvalue weighted by atomic mass is 9.68. The Bertz CT molecular complexity index is 2070. The Morgan fingerprint density at radius 1 is 0.964 bits per heavy atom. The number of aryl methyl sites for hydroxylation is 1. The van der Waals surface area contributed by atoms with E-state index in [1.807, 2.05) is 36.4 Å². The first-order valence-corrected chi connectivity index (χ1v) is 19.3. The Hall–Kier alpha value is -4.95. The van der Waals surface area contributed by atoms with Crippen LogP contribution in [0.25, 0.3) is 0 Å². The molecule has 7 atom stereocenters. The van der Waals surface area contributed by atoms with E-state index in [4.69, 9.17) is 9.47 Å². The fraction of sp³-hybridized carbons (Fsp3) is 0.444. The van der Waals surface area contributed by atoms with E-state index in [0.29, 0.717) is 72.0 Å². The minimum absolute atomic E-state index is 0.0232. The van der Waals surface area contributed by atoms with Crippen molar-refractivity contribution < 1.29 is 44.3 Å².